The van der Waals surface area contributed by atoms with E-state index in [1.807, 2.05) is 12.3 Å². The average molecular weight is 613 g/mol. The van der Waals surface area contributed by atoms with E-state index in [1.54, 1.807) is 0 Å². The van der Waals surface area contributed by atoms with Crippen LogP contribution in [0, 0.1) is 0 Å². The van der Waals surface area contributed by atoms with Gasteiger partial charge in [0.2, 0.25) is 0 Å². The summed E-state index contributed by atoms with van der Waals surface area (Å²) >= 11 is 0. The molecule has 0 N–H and O–H groups in total. The first kappa shape index (κ1) is 26.8. The summed E-state index contributed by atoms with van der Waals surface area (Å²) in [4.78, 5) is 0. The zero-order valence-electron chi connectivity index (χ0n) is 26.0. The Bertz CT molecular complexity index is 2760. The number of rotatable bonds is 4. The fraction of sp³-hybridized carbons (Fsp3) is 0. The highest BCUT2D eigenvalue weighted by Gasteiger charge is 2.23. The first-order valence-electron chi connectivity index (χ1n) is 16.3. The third-order valence-electron chi connectivity index (χ3n) is 9.74. The van der Waals surface area contributed by atoms with Gasteiger partial charge >= 0.3 is 0 Å². The number of hydrogen-bond donors (Lipinski definition) is 0. The summed E-state index contributed by atoms with van der Waals surface area (Å²) in [7, 11) is 0. The van der Waals surface area contributed by atoms with Crippen molar-refractivity contribution in [1.29, 1.82) is 0 Å². The third kappa shape index (κ3) is 4.00. The number of fused-ring (bicyclic) bond motifs is 7. The lowest BCUT2D eigenvalue weighted by molar-refractivity contribution is 0.619. The second-order valence-electron chi connectivity index (χ2n) is 12.4. The Morgan fingerprint density at radius 3 is 1.60 bits per heavy atom. The molecule has 0 saturated heterocycles. The number of benzene rings is 8. The Labute approximate surface area is 277 Å². The maximum atomic E-state index is 6.55. The van der Waals surface area contributed by atoms with Crippen LogP contribution in [-0.2, 0) is 0 Å². The van der Waals surface area contributed by atoms with E-state index in [0.29, 0.717) is 0 Å². The SMILES string of the molecule is c1ccc(-c2cccc(-c3c4ccccc4c(-c4cccc5oc6ccc7c(-c8ccccc8)coc7c6c45)c4ccccc34)c2)cc1. The molecule has 2 aromatic heterocycles. The second kappa shape index (κ2) is 10.6. The van der Waals surface area contributed by atoms with Crippen molar-refractivity contribution in [2.24, 2.45) is 0 Å². The van der Waals surface area contributed by atoms with Crippen LogP contribution in [0.4, 0.5) is 0 Å². The van der Waals surface area contributed by atoms with E-state index < -0.39 is 0 Å². The second-order valence-corrected chi connectivity index (χ2v) is 12.4. The van der Waals surface area contributed by atoms with Crippen LogP contribution in [-0.4, -0.2) is 0 Å². The van der Waals surface area contributed by atoms with Gasteiger partial charge in [0.25, 0.3) is 0 Å². The molecule has 0 radical (unpaired) electrons. The molecule has 224 valence electrons. The largest absolute Gasteiger partial charge is 0.463 e. The first-order chi connectivity index (χ1) is 23.8. The fourth-order valence-electron chi connectivity index (χ4n) is 7.66. The van der Waals surface area contributed by atoms with Crippen molar-refractivity contribution in [2.45, 2.75) is 0 Å². The van der Waals surface area contributed by atoms with Gasteiger partial charge in [0, 0.05) is 16.3 Å². The predicted octanol–water partition coefficient (Wildman–Crippen LogP) is 13.3. The molecule has 10 rings (SSSR count). The van der Waals surface area contributed by atoms with E-state index in [2.05, 4.69) is 158 Å². The van der Waals surface area contributed by atoms with Crippen LogP contribution in [0.2, 0.25) is 0 Å². The van der Waals surface area contributed by atoms with E-state index in [-0.39, 0.29) is 0 Å². The molecule has 48 heavy (non-hydrogen) atoms. The minimum absolute atomic E-state index is 0.821. The van der Waals surface area contributed by atoms with Gasteiger partial charge in [-0.1, -0.05) is 140 Å². The molecule has 2 heteroatoms. The lowest BCUT2D eigenvalue weighted by atomic mass is 9.84. The van der Waals surface area contributed by atoms with Gasteiger partial charge < -0.3 is 8.83 Å². The minimum atomic E-state index is 0.821. The van der Waals surface area contributed by atoms with Crippen molar-refractivity contribution >= 4 is 54.5 Å². The maximum absolute atomic E-state index is 6.55. The van der Waals surface area contributed by atoms with Crippen molar-refractivity contribution in [3.63, 3.8) is 0 Å². The molecule has 10 aromatic rings. The maximum Gasteiger partial charge on any atom is 0.146 e. The molecule has 2 nitrogen and oxygen atoms in total. The lowest BCUT2D eigenvalue weighted by Gasteiger charge is -2.18. The van der Waals surface area contributed by atoms with Crippen molar-refractivity contribution in [1.82, 2.24) is 0 Å². The normalized spacial score (nSPS) is 11.8. The highest BCUT2D eigenvalue weighted by molar-refractivity contribution is 6.28. The van der Waals surface area contributed by atoms with E-state index in [1.165, 1.54) is 49.4 Å². The molecule has 0 aliphatic rings. The highest BCUT2D eigenvalue weighted by Crippen LogP contribution is 2.48. The molecule has 0 bridgehead atoms. The lowest BCUT2D eigenvalue weighted by Crippen LogP contribution is -1.91. The van der Waals surface area contributed by atoms with Gasteiger partial charge in [0.1, 0.15) is 16.7 Å². The quantitative estimate of drug-likeness (QED) is 0.185. The Balaban J connectivity index is 1.29. The van der Waals surface area contributed by atoms with Gasteiger partial charge in [-0.05, 0) is 84.8 Å². The van der Waals surface area contributed by atoms with E-state index >= 15 is 0 Å². The zero-order valence-corrected chi connectivity index (χ0v) is 26.0. The molecule has 0 unspecified atom stereocenters. The van der Waals surface area contributed by atoms with Crippen LogP contribution < -0.4 is 0 Å². The first-order valence-corrected chi connectivity index (χ1v) is 16.3. The molecule has 0 aliphatic carbocycles. The molecule has 0 atom stereocenters. The minimum Gasteiger partial charge on any atom is -0.463 e. The standard InChI is InChI=1S/C46H28O2/c1-3-13-29(14-4-1)31-17-11-18-32(27-31)42-33-19-7-9-21-35(33)43(36-22-10-8-20-34(36)42)38-23-12-24-40-44(38)45-41(48-40)26-25-37-39(28-47-46(37)45)30-15-5-2-6-16-30/h1-28H. The highest BCUT2D eigenvalue weighted by atomic mass is 16.3. The van der Waals surface area contributed by atoms with Gasteiger partial charge in [-0.25, -0.2) is 0 Å². The average Bonchev–Trinajstić information content (AvgIpc) is 3.76. The molecule has 0 amide bonds. The van der Waals surface area contributed by atoms with Gasteiger partial charge in [-0.2, -0.15) is 0 Å². The number of hydrogen-bond acceptors (Lipinski definition) is 2. The third-order valence-corrected chi connectivity index (χ3v) is 9.74. The molecular weight excluding hydrogens is 585 g/mol. The Morgan fingerprint density at radius 1 is 0.333 bits per heavy atom. The van der Waals surface area contributed by atoms with Crippen LogP contribution in [0.15, 0.2) is 179 Å². The summed E-state index contributed by atoms with van der Waals surface area (Å²) in [6.45, 7) is 0. The summed E-state index contributed by atoms with van der Waals surface area (Å²) in [5.41, 5.74) is 11.9. The van der Waals surface area contributed by atoms with Crippen LogP contribution in [0.5, 0.6) is 0 Å². The van der Waals surface area contributed by atoms with E-state index in [0.717, 1.165) is 49.6 Å². The molecule has 2 heterocycles. The fourth-order valence-corrected chi connectivity index (χ4v) is 7.66. The Kier molecular flexibility index (Phi) is 5.91. The predicted molar refractivity (Wildman–Crippen MR) is 200 cm³/mol. The molecule has 0 spiro atoms. The smallest absolute Gasteiger partial charge is 0.146 e. The topological polar surface area (TPSA) is 26.3 Å². The monoisotopic (exact) mass is 612 g/mol. The van der Waals surface area contributed by atoms with E-state index in [4.69, 9.17) is 8.83 Å². The van der Waals surface area contributed by atoms with Gasteiger partial charge in [-0.3, -0.25) is 0 Å². The molecule has 0 saturated carbocycles. The van der Waals surface area contributed by atoms with Crippen molar-refractivity contribution in [2.75, 3.05) is 0 Å². The van der Waals surface area contributed by atoms with Crippen LogP contribution in [0.1, 0.15) is 0 Å². The molecule has 0 fully saturated rings. The van der Waals surface area contributed by atoms with Crippen molar-refractivity contribution < 1.29 is 8.83 Å². The Hall–Kier alpha value is -6.38. The summed E-state index contributed by atoms with van der Waals surface area (Å²) in [6.07, 6.45) is 1.88. The van der Waals surface area contributed by atoms with Gasteiger partial charge in [0.05, 0.1) is 11.6 Å². The molecule has 8 aromatic carbocycles. The van der Waals surface area contributed by atoms with Crippen LogP contribution >= 0.6 is 0 Å². The van der Waals surface area contributed by atoms with Crippen LogP contribution in [0.25, 0.3) is 99.0 Å². The molecular formula is C46H28O2. The van der Waals surface area contributed by atoms with E-state index in [9.17, 15) is 0 Å². The van der Waals surface area contributed by atoms with Gasteiger partial charge in [0.15, 0.2) is 0 Å². The summed E-state index contributed by atoms with van der Waals surface area (Å²) < 4.78 is 13.0. The van der Waals surface area contributed by atoms with Gasteiger partial charge in [-0.15, -0.1) is 0 Å². The summed E-state index contributed by atoms with van der Waals surface area (Å²) in [5.74, 6) is 0. The number of furan rings is 2. The van der Waals surface area contributed by atoms with Crippen molar-refractivity contribution in [3.05, 3.63) is 170 Å². The summed E-state index contributed by atoms with van der Waals surface area (Å²) in [6, 6.07) is 58.2. The Morgan fingerprint density at radius 2 is 0.896 bits per heavy atom. The van der Waals surface area contributed by atoms with Crippen molar-refractivity contribution in [3.8, 4) is 44.5 Å². The summed E-state index contributed by atoms with van der Waals surface area (Å²) in [5, 5.41) is 8.00. The van der Waals surface area contributed by atoms with Crippen LogP contribution in [0.3, 0.4) is 0 Å². The molecule has 0 aliphatic heterocycles. The zero-order chi connectivity index (χ0) is 31.6.